The number of benzene rings is 1. The van der Waals surface area contributed by atoms with E-state index in [9.17, 15) is 0 Å². The zero-order valence-corrected chi connectivity index (χ0v) is 11.0. The minimum Gasteiger partial charge on any atom is -0.497 e. The minimum atomic E-state index is 0.499. The van der Waals surface area contributed by atoms with Crippen molar-refractivity contribution in [3.8, 4) is 11.4 Å². The fourth-order valence-corrected chi connectivity index (χ4v) is 1.92. The van der Waals surface area contributed by atoms with Gasteiger partial charge in [-0.15, -0.1) is 5.10 Å². The molecule has 0 aliphatic rings. The van der Waals surface area contributed by atoms with Crippen LogP contribution in [-0.2, 0) is 6.42 Å². The van der Waals surface area contributed by atoms with E-state index in [0.717, 1.165) is 35.5 Å². The van der Waals surface area contributed by atoms with Crippen LogP contribution in [0, 0.1) is 6.92 Å². The van der Waals surface area contributed by atoms with Crippen LogP contribution >= 0.6 is 0 Å². The Morgan fingerprint density at radius 1 is 1.39 bits per heavy atom. The van der Waals surface area contributed by atoms with E-state index in [2.05, 4.69) is 17.2 Å². The number of rotatable bonds is 4. The third-order valence-electron chi connectivity index (χ3n) is 2.92. The summed E-state index contributed by atoms with van der Waals surface area (Å²) in [5.74, 6) is 1.30. The van der Waals surface area contributed by atoms with Gasteiger partial charge in [-0.3, -0.25) is 0 Å². The number of methoxy groups -OCH3 is 1. The van der Waals surface area contributed by atoms with Crippen LogP contribution in [0.15, 0.2) is 18.2 Å². The fourth-order valence-electron chi connectivity index (χ4n) is 1.92. The maximum atomic E-state index is 5.86. The molecular weight excluding hydrogens is 228 g/mol. The normalized spacial score (nSPS) is 10.6. The van der Waals surface area contributed by atoms with Gasteiger partial charge in [0.25, 0.3) is 0 Å². The number of ether oxygens (including phenoxy) is 1. The summed E-state index contributed by atoms with van der Waals surface area (Å²) in [5.41, 5.74) is 8.88. The predicted molar refractivity (Wildman–Crippen MR) is 71.1 cm³/mol. The number of aryl methyl sites for hydroxylation is 1. The van der Waals surface area contributed by atoms with Gasteiger partial charge in [0.05, 0.1) is 18.5 Å². The smallest absolute Gasteiger partial charge is 0.169 e. The van der Waals surface area contributed by atoms with Crippen LogP contribution in [0.3, 0.4) is 0 Å². The van der Waals surface area contributed by atoms with Crippen LogP contribution in [0.4, 0.5) is 5.82 Å². The molecule has 0 aliphatic heterocycles. The SMILES string of the molecule is CCCc1c(N)nnn1-c1cc(OC)ccc1C. The molecular formula is C13H18N4O. The molecule has 18 heavy (non-hydrogen) atoms. The fraction of sp³-hybridized carbons (Fsp3) is 0.385. The molecule has 0 aliphatic carbocycles. The van der Waals surface area contributed by atoms with Gasteiger partial charge in [0.1, 0.15) is 5.75 Å². The van der Waals surface area contributed by atoms with E-state index in [4.69, 9.17) is 10.5 Å². The Kier molecular flexibility index (Phi) is 3.50. The first-order valence-corrected chi connectivity index (χ1v) is 6.02. The molecule has 96 valence electrons. The van der Waals surface area contributed by atoms with Crippen LogP contribution in [-0.4, -0.2) is 22.1 Å². The third kappa shape index (κ3) is 2.16. The van der Waals surface area contributed by atoms with Gasteiger partial charge >= 0.3 is 0 Å². The van der Waals surface area contributed by atoms with Crippen molar-refractivity contribution >= 4 is 5.82 Å². The lowest BCUT2D eigenvalue weighted by molar-refractivity contribution is 0.414. The average Bonchev–Trinajstić information content (AvgIpc) is 2.73. The topological polar surface area (TPSA) is 66.0 Å². The lowest BCUT2D eigenvalue weighted by Crippen LogP contribution is -2.05. The quantitative estimate of drug-likeness (QED) is 0.897. The summed E-state index contributed by atoms with van der Waals surface area (Å²) in [4.78, 5) is 0. The van der Waals surface area contributed by atoms with Crippen molar-refractivity contribution in [3.63, 3.8) is 0 Å². The van der Waals surface area contributed by atoms with Gasteiger partial charge in [-0.2, -0.15) is 0 Å². The van der Waals surface area contributed by atoms with Gasteiger partial charge in [0.2, 0.25) is 0 Å². The molecule has 0 atom stereocenters. The van der Waals surface area contributed by atoms with E-state index in [1.54, 1.807) is 11.8 Å². The number of hydrogen-bond donors (Lipinski definition) is 1. The summed E-state index contributed by atoms with van der Waals surface area (Å²) in [6.07, 6.45) is 1.86. The number of nitrogens with zero attached hydrogens (tertiary/aromatic N) is 3. The number of hydrogen-bond acceptors (Lipinski definition) is 4. The molecule has 0 radical (unpaired) electrons. The van der Waals surface area contributed by atoms with E-state index >= 15 is 0 Å². The maximum Gasteiger partial charge on any atom is 0.169 e. The number of nitrogens with two attached hydrogens (primary N) is 1. The second kappa shape index (κ2) is 5.08. The van der Waals surface area contributed by atoms with E-state index in [1.165, 1.54) is 0 Å². The number of anilines is 1. The zero-order chi connectivity index (χ0) is 13.1. The summed E-state index contributed by atoms with van der Waals surface area (Å²) >= 11 is 0. The molecule has 0 fully saturated rings. The van der Waals surface area contributed by atoms with Crippen LogP contribution in [0.5, 0.6) is 5.75 Å². The first kappa shape index (κ1) is 12.4. The molecule has 0 unspecified atom stereocenters. The number of aromatic nitrogens is 3. The van der Waals surface area contributed by atoms with Crippen molar-refractivity contribution in [2.24, 2.45) is 0 Å². The van der Waals surface area contributed by atoms with E-state index < -0.39 is 0 Å². The highest BCUT2D eigenvalue weighted by Crippen LogP contribution is 2.23. The Hall–Kier alpha value is -2.04. The summed E-state index contributed by atoms with van der Waals surface area (Å²) in [7, 11) is 1.65. The summed E-state index contributed by atoms with van der Waals surface area (Å²) < 4.78 is 7.05. The van der Waals surface area contributed by atoms with Gasteiger partial charge in [-0.25, -0.2) is 4.68 Å². The second-order valence-electron chi connectivity index (χ2n) is 4.24. The van der Waals surface area contributed by atoms with E-state index in [1.807, 2.05) is 25.1 Å². The monoisotopic (exact) mass is 246 g/mol. The predicted octanol–water partition coefficient (Wildman–Crippen LogP) is 2.12. The first-order valence-electron chi connectivity index (χ1n) is 6.02. The van der Waals surface area contributed by atoms with Gasteiger partial charge in [-0.1, -0.05) is 24.6 Å². The van der Waals surface area contributed by atoms with Crippen LogP contribution in [0.1, 0.15) is 24.6 Å². The van der Waals surface area contributed by atoms with Crippen molar-refractivity contribution in [2.75, 3.05) is 12.8 Å². The van der Waals surface area contributed by atoms with Crippen molar-refractivity contribution in [3.05, 3.63) is 29.5 Å². The average molecular weight is 246 g/mol. The summed E-state index contributed by atoms with van der Waals surface area (Å²) in [6.45, 7) is 4.14. The summed E-state index contributed by atoms with van der Waals surface area (Å²) in [6, 6.07) is 5.88. The Balaban J connectivity index is 2.54. The minimum absolute atomic E-state index is 0.499. The molecule has 1 aromatic heterocycles. The van der Waals surface area contributed by atoms with Crippen LogP contribution in [0.25, 0.3) is 5.69 Å². The Morgan fingerprint density at radius 3 is 2.83 bits per heavy atom. The van der Waals surface area contributed by atoms with Gasteiger partial charge < -0.3 is 10.5 Å². The highest BCUT2D eigenvalue weighted by atomic mass is 16.5. The molecule has 1 aromatic carbocycles. The van der Waals surface area contributed by atoms with Crippen molar-refractivity contribution in [1.82, 2.24) is 15.0 Å². The van der Waals surface area contributed by atoms with E-state index in [0.29, 0.717) is 5.82 Å². The molecule has 0 saturated heterocycles. The molecule has 0 spiro atoms. The lowest BCUT2D eigenvalue weighted by atomic mass is 10.1. The molecule has 5 heteroatoms. The molecule has 0 saturated carbocycles. The van der Waals surface area contributed by atoms with Crippen molar-refractivity contribution < 1.29 is 4.74 Å². The van der Waals surface area contributed by atoms with Gasteiger partial charge in [0.15, 0.2) is 5.82 Å². The molecule has 5 nitrogen and oxygen atoms in total. The highest BCUT2D eigenvalue weighted by Gasteiger charge is 2.13. The van der Waals surface area contributed by atoms with Crippen LogP contribution in [0.2, 0.25) is 0 Å². The third-order valence-corrected chi connectivity index (χ3v) is 2.92. The van der Waals surface area contributed by atoms with E-state index in [-0.39, 0.29) is 0 Å². The first-order chi connectivity index (χ1) is 8.67. The number of nitrogen functional groups attached to an aromatic ring is 1. The molecule has 2 rings (SSSR count). The maximum absolute atomic E-state index is 5.86. The standard InChI is InChI=1S/C13H18N4O/c1-4-5-11-13(14)15-16-17(11)12-8-10(18-3)7-6-9(12)2/h6-8H,4-5,14H2,1-3H3. The zero-order valence-electron chi connectivity index (χ0n) is 11.0. The lowest BCUT2D eigenvalue weighted by Gasteiger charge is -2.10. The molecule has 2 aromatic rings. The summed E-state index contributed by atoms with van der Waals surface area (Å²) in [5, 5.41) is 8.09. The highest BCUT2D eigenvalue weighted by molar-refractivity contribution is 5.48. The molecule has 1 heterocycles. The second-order valence-corrected chi connectivity index (χ2v) is 4.24. The van der Waals surface area contributed by atoms with Crippen LogP contribution < -0.4 is 10.5 Å². The Morgan fingerprint density at radius 2 is 2.17 bits per heavy atom. The Labute approximate surface area is 107 Å². The Bertz CT molecular complexity index is 548. The molecule has 2 N–H and O–H groups in total. The van der Waals surface area contributed by atoms with Crippen molar-refractivity contribution in [1.29, 1.82) is 0 Å². The molecule has 0 bridgehead atoms. The van der Waals surface area contributed by atoms with Crippen molar-refractivity contribution in [2.45, 2.75) is 26.7 Å². The van der Waals surface area contributed by atoms with Gasteiger partial charge in [0, 0.05) is 6.07 Å². The molecule has 0 amide bonds. The largest absolute Gasteiger partial charge is 0.497 e. The van der Waals surface area contributed by atoms with Gasteiger partial charge in [-0.05, 0) is 25.0 Å².